The Bertz CT molecular complexity index is 1180. The molecule has 0 unspecified atom stereocenters. The number of ether oxygens (including phenoxy) is 1. The quantitative estimate of drug-likeness (QED) is 0.431. The van der Waals surface area contributed by atoms with Crippen molar-refractivity contribution >= 4 is 18.0 Å². The third-order valence-corrected chi connectivity index (χ3v) is 7.13. The molecule has 1 N–H and O–H groups in total. The lowest BCUT2D eigenvalue weighted by Crippen LogP contribution is -2.40. The molecule has 1 aromatic heterocycles. The summed E-state index contributed by atoms with van der Waals surface area (Å²) in [4.78, 5) is 42.1. The lowest BCUT2D eigenvalue weighted by atomic mass is 9.92. The Balaban J connectivity index is 1.98. The maximum absolute atomic E-state index is 13.6. The fourth-order valence-electron chi connectivity index (χ4n) is 4.84. The summed E-state index contributed by atoms with van der Waals surface area (Å²) in [5.41, 5.74) is 4.07. The van der Waals surface area contributed by atoms with Crippen LogP contribution in [0.4, 0.5) is 4.79 Å². The lowest BCUT2D eigenvalue weighted by molar-refractivity contribution is 0.0224. The molecule has 2 amide bonds. The van der Waals surface area contributed by atoms with Crippen LogP contribution >= 0.6 is 0 Å². The highest BCUT2D eigenvalue weighted by molar-refractivity contribution is 6.00. The molecule has 3 rings (SSSR count). The first-order chi connectivity index (χ1) is 17.9. The number of fused-ring (bicyclic) bond motifs is 1. The fourth-order valence-corrected chi connectivity index (χ4v) is 4.84. The van der Waals surface area contributed by atoms with E-state index >= 15 is 0 Å². The molecule has 208 valence electrons. The van der Waals surface area contributed by atoms with Gasteiger partial charge >= 0.3 is 12.1 Å². The van der Waals surface area contributed by atoms with E-state index in [-0.39, 0.29) is 11.5 Å². The zero-order valence-corrected chi connectivity index (χ0v) is 24.0. The van der Waals surface area contributed by atoms with Crippen molar-refractivity contribution in [3.8, 4) is 11.3 Å². The lowest BCUT2D eigenvalue weighted by Gasteiger charge is -2.31. The van der Waals surface area contributed by atoms with Gasteiger partial charge in [0.25, 0.3) is 5.91 Å². The van der Waals surface area contributed by atoms with Crippen LogP contribution in [0.1, 0.15) is 97.8 Å². The molecule has 0 fully saturated rings. The van der Waals surface area contributed by atoms with Gasteiger partial charge in [0.2, 0.25) is 0 Å². The summed E-state index contributed by atoms with van der Waals surface area (Å²) in [5, 5.41) is 10.1. The molecule has 38 heavy (non-hydrogen) atoms. The highest BCUT2D eigenvalue weighted by Crippen LogP contribution is 2.33. The number of carbonyl (C=O) groups excluding carboxylic acids is 2. The number of amides is 2. The van der Waals surface area contributed by atoms with Crippen molar-refractivity contribution in [1.82, 2.24) is 14.4 Å². The van der Waals surface area contributed by atoms with Gasteiger partial charge in [-0.15, -0.1) is 0 Å². The minimum Gasteiger partial charge on any atom is -0.478 e. The average Bonchev–Trinajstić information content (AvgIpc) is 3.15. The van der Waals surface area contributed by atoms with Gasteiger partial charge in [-0.05, 0) is 76.3 Å². The highest BCUT2D eigenvalue weighted by atomic mass is 16.6. The fraction of sp³-hybridized carbons (Fsp3) is 0.567. The maximum Gasteiger partial charge on any atom is 0.410 e. The number of carboxylic acids is 1. The van der Waals surface area contributed by atoms with Gasteiger partial charge in [0.1, 0.15) is 5.60 Å². The van der Waals surface area contributed by atoms with E-state index in [1.54, 1.807) is 11.0 Å². The molecule has 8 nitrogen and oxygen atoms in total. The van der Waals surface area contributed by atoms with Crippen LogP contribution in [-0.2, 0) is 24.8 Å². The van der Waals surface area contributed by atoms with Crippen molar-refractivity contribution in [3.63, 3.8) is 0 Å². The first-order valence-corrected chi connectivity index (χ1v) is 13.7. The molecule has 0 atom stereocenters. The van der Waals surface area contributed by atoms with E-state index in [0.717, 1.165) is 42.5 Å². The smallest absolute Gasteiger partial charge is 0.410 e. The number of hydrogen-bond donors (Lipinski definition) is 1. The second-order valence-corrected chi connectivity index (χ2v) is 11.2. The third-order valence-electron chi connectivity index (χ3n) is 7.13. The van der Waals surface area contributed by atoms with Crippen molar-refractivity contribution in [2.24, 2.45) is 7.05 Å². The normalized spacial score (nSPS) is 13.3. The van der Waals surface area contributed by atoms with Crippen molar-refractivity contribution in [3.05, 3.63) is 46.1 Å². The second kappa shape index (κ2) is 12.0. The van der Waals surface area contributed by atoms with E-state index in [0.29, 0.717) is 49.4 Å². The number of aromatic nitrogens is 1. The van der Waals surface area contributed by atoms with Crippen molar-refractivity contribution in [1.29, 1.82) is 0 Å². The molecule has 0 aliphatic carbocycles. The van der Waals surface area contributed by atoms with Gasteiger partial charge in [-0.2, -0.15) is 0 Å². The van der Waals surface area contributed by atoms with Gasteiger partial charge in [-0.1, -0.05) is 26.7 Å². The van der Waals surface area contributed by atoms with Crippen LogP contribution in [0.5, 0.6) is 0 Å². The second-order valence-electron chi connectivity index (χ2n) is 11.2. The summed E-state index contributed by atoms with van der Waals surface area (Å²) in [7, 11) is 1.87. The predicted molar refractivity (Wildman–Crippen MR) is 149 cm³/mol. The third kappa shape index (κ3) is 6.58. The number of nitrogens with zero attached hydrogens (tertiary/aromatic N) is 3. The first kappa shape index (κ1) is 29.3. The van der Waals surface area contributed by atoms with E-state index in [1.165, 1.54) is 0 Å². The molecule has 2 aromatic rings. The molecule has 0 spiro atoms. The zero-order valence-electron chi connectivity index (χ0n) is 24.0. The Morgan fingerprint density at radius 2 is 1.63 bits per heavy atom. The Morgan fingerprint density at radius 1 is 1.00 bits per heavy atom. The van der Waals surface area contributed by atoms with E-state index in [4.69, 9.17) is 4.74 Å². The topological polar surface area (TPSA) is 92.1 Å². The Morgan fingerprint density at radius 3 is 2.18 bits per heavy atom. The summed E-state index contributed by atoms with van der Waals surface area (Å²) >= 11 is 0. The van der Waals surface area contributed by atoms with Gasteiger partial charge < -0.3 is 24.2 Å². The molecule has 8 heteroatoms. The molecule has 1 aliphatic heterocycles. The minimum atomic E-state index is -1.04. The molecule has 0 saturated heterocycles. The molecular weight excluding hydrogens is 482 g/mol. The van der Waals surface area contributed by atoms with Crippen LogP contribution in [0.25, 0.3) is 11.3 Å². The number of aromatic carboxylic acids is 1. The molecule has 0 bridgehead atoms. The molecule has 2 heterocycles. The minimum absolute atomic E-state index is 0.00547. The Kier molecular flexibility index (Phi) is 9.28. The number of carbonyl (C=O) groups is 3. The van der Waals surface area contributed by atoms with E-state index < -0.39 is 17.7 Å². The number of carboxylic acid groups (broad SMARTS) is 1. The zero-order chi connectivity index (χ0) is 28.2. The van der Waals surface area contributed by atoms with E-state index in [2.05, 4.69) is 13.8 Å². The SMILES string of the molecule is CCCCN(CCCC)C(=O)c1cc(-c2cc3c(cc2C(=O)O)CN(C(=O)OC(C)(C)C)CC3)n(C)c1C. The average molecular weight is 526 g/mol. The van der Waals surface area contributed by atoms with Crippen molar-refractivity contribution < 1.29 is 24.2 Å². The molecule has 1 aromatic carbocycles. The summed E-state index contributed by atoms with van der Waals surface area (Å²) in [6.45, 7) is 13.8. The van der Waals surface area contributed by atoms with Crippen molar-refractivity contribution in [2.75, 3.05) is 19.6 Å². The van der Waals surface area contributed by atoms with Gasteiger partial charge in [-0.25, -0.2) is 9.59 Å². The van der Waals surface area contributed by atoms with Crippen LogP contribution in [0.3, 0.4) is 0 Å². The Hall–Kier alpha value is -3.29. The van der Waals surface area contributed by atoms with Crippen LogP contribution in [0, 0.1) is 6.92 Å². The van der Waals surface area contributed by atoms with Gasteiger partial charge in [-0.3, -0.25) is 4.79 Å². The first-order valence-electron chi connectivity index (χ1n) is 13.7. The van der Waals surface area contributed by atoms with E-state index in [9.17, 15) is 19.5 Å². The number of unbranched alkanes of at least 4 members (excludes halogenated alkanes) is 2. The predicted octanol–water partition coefficient (Wildman–Crippen LogP) is 6.03. The summed E-state index contributed by atoms with van der Waals surface area (Å²) in [6.07, 6.45) is 4.11. The van der Waals surface area contributed by atoms with Gasteiger partial charge in [0, 0.05) is 50.2 Å². The molecular formula is C30H43N3O5. The number of benzene rings is 1. The standard InChI is InChI=1S/C30H43N3O5/c1-8-10-13-32(14-11-9-2)27(34)23-18-26(31(7)20(23)3)24-16-21-12-15-33(29(37)38-30(4,5)6)19-22(21)17-25(24)28(35)36/h16-18H,8-15,19H2,1-7H3,(H,35,36). The molecule has 0 saturated carbocycles. The Labute approximate surface area is 226 Å². The van der Waals surface area contributed by atoms with Crippen LogP contribution in [-0.4, -0.2) is 62.7 Å². The monoisotopic (exact) mass is 525 g/mol. The van der Waals surface area contributed by atoms with Crippen LogP contribution in [0.15, 0.2) is 18.2 Å². The van der Waals surface area contributed by atoms with Gasteiger partial charge in [0.15, 0.2) is 0 Å². The summed E-state index contributed by atoms with van der Waals surface area (Å²) in [5.74, 6) is -1.05. The highest BCUT2D eigenvalue weighted by Gasteiger charge is 2.29. The van der Waals surface area contributed by atoms with Crippen LogP contribution in [0.2, 0.25) is 0 Å². The molecule has 1 aliphatic rings. The maximum atomic E-state index is 13.6. The van der Waals surface area contributed by atoms with E-state index in [1.807, 2.05) is 56.3 Å². The number of hydrogen-bond acceptors (Lipinski definition) is 4. The summed E-state index contributed by atoms with van der Waals surface area (Å²) in [6, 6.07) is 5.43. The number of rotatable bonds is 9. The van der Waals surface area contributed by atoms with Gasteiger partial charge in [0.05, 0.1) is 11.1 Å². The molecule has 0 radical (unpaired) electrons. The largest absolute Gasteiger partial charge is 0.478 e. The van der Waals surface area contributed by atoms with Crippen molar-refractivity contribution in [2.45, 2.75) is 85.8 Å². The van der Waals surface area contributed by atoms with Crippen LogP contribution < -0.4 is 0 Å². The summed E-state index contributed by atoms with van der Waals surface area (Å²) < 4.78 is 7.43.